The molecule has 0 unspecified atom stereocenters. The van der Waals surface area contributed by atoms with Crippen molar-refractivity contribution >= 4 is 15.7 Å². The molecule has 0 saturated carbocycles. The number of aromatic nitrogens is 1. The van der Waals surface area contributed by atoms with Gasteiger partial charge in [-0.1, -0.05) is 54.6 Å². The number of hydrogen-bond acceptors (Lipinski definition) is 5. The molecule has 1 N–H and O–H groups in total. The van der Waals surface area contributed by atoms with Crippen LogP contribution < -0.4 is 5.32 Å². The molecule has 170 valence electrons. The fourth-order valence-electron chi connectivity index (χ4n) is 3.37. The Morgan fingerprint density at radius 3 is 2.24 bits per heavy atom. The van der Waals surface area contributed by atoms with Crippen molar-refractivity contribution in [2.24, 2.45) is 0 Å². The second kappa shape index (κ2) is 8.74. The molecule has 0 atom stereocenters. The molecule has 33 heavy (non-hydrogen) atoms. The maximum atomic E-state index is 13.4. The maximum absolute atomic E-state index is 13.4. The van der Waals surface area contributed by atoms with Crippen molar-refractivity contribution in [2.75, 3.05) is 5.32 Å². The number of benzene rings is 3. The third kappa shape index (κ3) is 4.63. The van der Waals surface area contributed by atoms with Crippen LogP contribution in [0.25, 0.3) is 11.5 Å². The maximum Gasteiger partial charge on any atom is 0.416 e. The van der Waals surface area contributed by atoms with Gasteiger partial charge in [0.15, 0.2) is 0 Å². The summed E-state index contributed by atoms with van der Waals surface area (Å²) in [5.41, 5.74) is 0.507. The Kier molecular flexibility index (Phi) is 5.99. The summed E-state index contributed by atoms with van der Waals surface area (Å²) in [4.78, 5) is 4.23. The zero-order chi connectivity index (χ0) is 23.6. The lowest BCUT2D eigenvalue weighted by Gasteiger charge is -2.13. The normalized spacial score (nSPS) is 12.0. The molecule has 0 radical (unpaired) electrons. The van der Waals surface area contributed by atoms with Gasteiger partial charge in [-0.3, -0.25) is 0 Å². The van der Waals surface area contributed by atoms with Crippen LogP contribution in [-0.2, 0) is 22.6 Å². The number of alkyl halides is 3. The third-order valence-electron chi connectivity index (χ3n) is 5.04. The highest BCUT2D eigenvalue weighted by Crippen LogP contribution is 2.35. The van der Waals surface area contributed by atoms with Gasteiger partial charge in [-0.05, 0) is 42.3 Å². The van der Waals surface area contributed by atoms with Crippen molar-refractivity contribution in [1.82, 2.24) is 4.98 Å². The monoisotopic (exact) mass is 472 g/mol. The molecule has 1 heterocycles. The Balaban J connectivity index is 1.79. The Morgan fingerprint density at radius 1 is 0.909 bits per heavy atom. The predicted octanol–water partition coefficient (Wildman–Crippen LogP) is 6.11. The van der Waals surface area contributed by atoms with E-state index < -0.39 is 26.6 Å². The van der Waals surface area contributed by atoms with Gasteiger partial charge in [0.25, 0.3) is 0 Å². The largest absolute Gasteiger partial charge is 0.419 e. The van der Waals surface area contributed by atoms with E-state index in [0.29, 0.717) is 5.56 Å². The Hall–Kier alpha value is -3.59. The van der Waals surface area contributed by atoms with E-state index in [9.17, 15) is 21.6 Å². The summed E-state index contributed by atoms with van der Waals surface area (Å²) in [6.45, 7) is 1.51. The first kappa shape index (κ1) is 22.6. The number of halogens is 3. The molecule has 5 nitrogen and oxygen atoms in total. The minimum Gasteiger partial charge on any atom is -0.419 e. The molecule has 4 rings (SSSR count). The van der Waals surface area contributed by atoms with Crippen LogP contribution in [0.2, 0.25) is 0 Å². The first-order valence-electron chi connectivity index (χ1n) is 9.94. The highest BCUT2D eigenvalue weighted by molar-refractivity contribution is 7.91. The van der Waals surface area contributed by atoms with Gasteiger partial charge in [-0.25, -0.2) is 8.42 Å². The van der Waals surface area contributed by atoms with Crippen LogP contribution in [0.15, 0.2) is 93.2 Å². The van der Waals surface area contributed by atoms with Crippen LogP contribution in [0.3, 0.4) is 0 Å². The summed E-state index contributed by atoms with van der Waals surface area (Å²) in [6.07, 6.45) is -4.55. The van der Waals surface area contributed by atoms with Crippen molar-refractivity contribution in [3.63, 3.8) is 0 Å². The summed E-state index contributed by atoms with van der Waals surface area (Å²) in [5, 5.41) is 2.33. The van der Waals surface area contributed by atoms with Crippen LogP contribution >= 0.6 is 0 Å². The molecule has 0 aliphatic rings. The number of hydrogen-bond donors (Lipinski definition) is 1. The molecular formula is C24H19F3N2O3S. The summed E-state index contributed by atoms with van der Waals surface area (Å²) in [7, 11) is -4.10. The molecule has 0 spiro atoms. The van der Waals surface area contributed by atoms with Gasteiger partial charge in [0, 0.05) is 12.1 Å². The lowest BCUT2D eigenvalue weighted by atomic mass is 10.1. The molecule has 0 aliphatic carbocycles. The van der Waals surface area contributed by atoms with E-state index in [1.54, 1.807) is 30.3 Å². The smallest absolute Gasteiger partial charge is 0.416 e. The molecule has 3 aromatic carbocycles. The standard InChI is InChI=1S/C24H19F3N2O3S/c1-16-9-5-7-13-19(16)21-29-23(33(30,31)18-11-3-2-4-12-18)22(32-21)28-15-17-10-6-8-14-20(17)24(25,26)27/h2-14,28H,15H2,1H3. The van der Waals surface area contributed by atoms with E-state index in [2.05, 4.69) is 10.3 Å². The van der Waals surface area contributed by atoms with Crippen LogP contribution in [0.4, 0.5) is 19.1 Å². The average Bonchev–Trinajstić information content (AvgIpc) is 3.23. The number of aryl methyl sites for hydroxylation is 1. The molecule has 0 fully saturated rings. The molecule has 1 aromatic heterocycles. The van der Waals surface area contributed by atoms with E-state index in [0.717, 1.165) is 11.6 Å². The highest BCUT2D eigenvalue weighted by Gasteiger charge is 2.33. The molecule has 0 saturated heterocycles. The number of sulfone groups is 1. The zero-order valence-electron chi connectivity index (χ0n) is 17.4. The molecule has 4 aromatic rings. The summed E-state index contributed by atoms with van der Waals surface area (Å²) in [6, 6.07) is 19.8. The van der Waals surface area contributed by atoms with Crippen molar-refractivity contribution in [1.29, 1.82) is 0 Å². The van der Waals surface area contributed by atoms with Crippen LogP contribution in [0.1, 0.15) is 16.7 Å². The Labute approximate surface area is 188 Å². The van der Waals surface area contributed by atoms with Gasteiger partial charge in [-0.15, -0.1) is 0 Å². The minimum atomic E-state index is -4.55. The van der Waals surface area contributed by atoms with Crippen molar-refractivity contribution in [2.45, 2.75) is 29.6 Å². The van der Waals surface area contributed by atoms with Gasteiger partial charge in [0.1, 0.15) is 0 Å². The van der Waals surface area contributed by atoms with Crippen LogP contribution in [0, 0.1) is 6.92 Å². The van der Waals surface area contributed by atoms with Crippen molar-refractivity contribution in [3.8, 4) is 11.5 Å². The third-order valence-corrected chi connectivity index (χ3v) is 6.72. The van der Waals surface area contributed by atoms with Gasteiger partial charge >= 0.3 is 6.18 Å². The Bertz CT molecular complexity index is 1380. The van der Waals surface area contributed by atoms with Crippen LogP contribution in [0.5, 0.6) is 0 Å². The number of nitrogens with one attached hydrogen (secondary N) is 1. The van der Waals surface area contributed by atoms with Gasteiger partial charge in [-0.2, -0.15) is 18.2 Å². The second-order valence-corrected chi connectivity index (χ2v) is 9.16. The lowest BCUT2D eigenvalue weighted by Crippen LogP contribution is -2.12. The summed E-state index contributed by atoms with van der Waals surface area (Å²) in [5.74, 6) is -0.178. The quantitative estimate of drug-likeness (QED) is 0.366. The highest BCUT2D eigenvalue weighted by atomic mass is 32.2. The van der Waals surface area contributed by atoms with E-state index in [-0.39, 0.29) is 28.8 Å². The van der Waals surface area contributed by atoms with Crippen molar-refractivity contribution in [3.05, 3.63) is 95.6 Å². The van der Waals surface area contributed by atoms with Gasteiger partial charge < -0.3 is 9.73 Å². The van der Waals surface area contributed by atoms with Gasteiger partial charge in [0.05, 0.1) is 10.5 Å². The fourth-order valence-corrected chi connectivity index (χ4v) is 4.67. The van der Waals surface area contributed by atoms with Crippen LogP contribution in [-0.4, -0.2) is 13.4 Å². The zero-order valence-corrected chi connectivity index (χ0v) is 18.2. The summed E-state index contributed by atoms with van der Waals surface area (Å²) >= 11 is 0. The average molecular weight is 472 g/mol. The topological polar surface area (TPSA) is 72.2 Å². The second-order valence-electron chi connectivity index (χ2n) is 7.29. The Morgan fingerprint density at radius 2 is 1.55 bits per heavy atom. The molecular weight excluding hydrogens is 453 g/mol. The van der Waals surface area contributed by atoms with E-state index in [4.69, 9.17) is 4.42 Å². The van der Waals surface area contributed by atoms with E-state index >= 15 is 0 Å². The van der Waals surface area contributed by atoms with Gasteiger partial charge in [0.2, 0.25) is 26.6 Å². The first-order chi connectivity index (χ1) is 15.7. The number of oxazole rings is 1. The molecule has 0 bridgehead atoms. The fraction of sp³-hybridized carbons (Fsp3) is 0.125. The van der Waals surface area contributed by atoms with E-state index in [1.165, 1.54) is 30.3 Å². The SMILES string of the molecule is Cc1ccccc1-c1nc(S(=O)(=O)c2ccccc2)c(NCc2ccccc2C(F)(F)F)o1. The molecule has 0 aliphatic heterocycles. The van der Waals surface area contributed by atoms with Crippen molar-refractivity contribution < 1.29 is 26.0 Å². The lowest BCUT2D eigenvalue weighted by molar-refractivity contribution is -0.138. The van der Waals surface area contributed by atoms with E-state index in [1.807, 2.05) is 19.1 Å². The molecule has 9 heteroatoms. The number of anilines is 1. The number of nitrogens with zero attached hydrogens (tertiary/aromatic N) is 1. The first-order valence-corrected chi connectivity index (χ1v) is 11.4. The minimum absolute atomic E-state index is 0.00613. The molecule has 0 amide bonds. The summed E-state index contributed by atoms with van der Waals surface area (Å²) < 4.78 is 72.4. The number of rotatable bonds is 6. The predicted molar refractivity (Wildman–Crippen MR) is 117 cm³/mol.